The summed E-state index contributed by atoms with van der Waals surface area (Å²) < 4.78 is 10.9. The smallest absolute Gasteiger partial charge is 0.113 e. The van der Waals surface area contributed by atoms with E-state index in [-0.39, 0.29) is 6.10 Å². The summed E-state index contributed by atoms with van der Waals surface area (Å²) in [6.45, 7) is 6.25. The molecule has 2 N–H and O–H groups in total. The monoisotopic (exact) mass is 229 g/mol. The van der Waals surface area contributed by atoms with Crippen molar-refractivity contribution in [2.75, 3.05) is 19.8 Å². The van der Waals surface area contributed by atoms with Crippen LogP contribution in [0.15, 0.2) is 12.3 Å². The molecule has 0 heterocycles. The van der Waals surface area contributed by atoms with Gasteiger partial charge in [-0.1, -0.05) is 19.8 Å². The minimum Gasteiger partial charge on any atom is -0.499 e. The first-order valence-electron chi connectivity index (χ1n) is 6.39. The quantitative estimate of drug-likeness (QED) is 0.437. The molecule has 16 heavy (non-hydrogen) atoms. The summed E-state index contributed by atoms with van der Waals surface area (Å²) in [5.74, 6) is 0. The predicted octanol–water partition coefficient (Wildman–Crippen LogP) is 2.85. The molecule has 3 heteroatoms. The summed E-state index contributed by atoms with van der Waals surface area (Å²) in [5.41, 5.74) is 5.37. The molecule has 0 aromatic heterocycles. The number of unbranched alkanes of at least 4 members (excludes halogenated alkanes) is 3. The largest absolute Gasteiger partial charge is 0.499 e. The number of allylic oxidation sites excluding steroid dienone is 1. The van der Waals surface area contributed by atoms with Gasteiger partial charge in [0.25, 0.3) is 0 Å². The Hall–Kier alpha value is -0.540. The molecule has 0 bridgehead atoms. The molecule has 0 aliphatic heterocycles. The van der Waals surface area contributed by atoms with Crippen molar-refractivity contribution in [2.24, 2.45) is 5.73 Å². The molecule has 0 saturated heterocycles. The van der Waals surface area contributed by atoms with E-state index in [1.54, 1.807) is 6.26 Å². The summed E-state index contributed by atoms with van der Waals surface area (Å²) in [4.78, 5) is 0. The van der Waals surface area contributed by atoms with Crippen LogP contribution in [0.1, 0.15) is 46.0 Å². The van der Waals surface area contributed by atoms with Crippen LogP contribution in [0.3, 0.4) is 0 Å². The molecule has 0 amide bonds. The van der Waals surface area contributed by atoms with E-state index in [1.807, 2.05) is 6.92 Å². The van der Waals surface area contributed by atoms with Gasteiger partial charge in [-0.15, -0.1) is 0 Å². The Morgan fingerprint density at radius 1 is 1.25 bits per heavy atom. The highest BCUT2D eigenvalue weighted by Gasteiger charge is 1.99. The molecule has 3 nitrogen and oxygen atoms in total. The Labute approximate surface area is 100.0 Å². The van der Waals surface area contributed by atoms with Gasteiger partial charge in [-0.25, -0.2) is 0 Å². The lowest BCUT2D eigenvalue weighted by Gasteiger charge is -2.11. The second-order valence-corrected chi connectivity index (χ2v) is 4.02. The molecule has 0 saturated carbocycles. The fourth-order valence-corrected chi connectivity index (χ4v) is 1.26. The molecule has 0 radical (unpaired) electrons. The summed E-state index contributed by atoms with van der Waals surface area (Å²) in [6.07, 6.45) is 9.85. The highest BCUT2D eigenvalue weighted by atomic mass is 16.5. The van der Waals surface area contributed by atoms with Crippen LogP contribution in [0.25, 0.3) is 0 Å². The third kappa shape index (κ3) is 11.5. The minimum absolute atomic E-state index is 0.145. The summed E-state index contributed by atoms with van der Waals surface area (Å²) >= 11 is 0. The van der Waals surface area contributed by atoms with Crippen molar-refractivity contribution in [3.05, 3.63) is 12.3 Å². The Balaban J connectivity index is 3.22. The minimum atomic E-state index is 0.145. The standard InChI is InChI=1S/C13H27NO2/c1-3-4-5-6-7-10-15-12-13(2)16-11-8-9-14/h7,10,13H,3-6,8-9,11-12,14H2,1-2H3. The maximum absolute atomic E-state index is 5.49. The Morgan fingerprint density at radius 2 is 2.06 bits per heavy atom. The zero-order chi connectivity index (χ0) is 12.1. The normalized spacial score (nSPS) is 13.2. The maximum Gasteiger partial charge on any atom is 0.113 e. The van der Waals surface area contributed by atoms with Gasteiger partial charge in [0.1, 0.15) is 6.61 Å². The van der Waals surface area contributed by atoms with E-state index >= 15 is 0 Å². The van der Waals surface area contributed by atoms with Crippen molar-refractivity contribution < 1.29 is 9.47 Å². The van der Waals surface area contributed by atoms with Crippen LogP contribution in [0.4, 0.5) is 0 Å². The average molecular weight is 229 g/mol. The molecule has 96 valence electrons. The van der Waals surface area contributed by atoms with Crippen LogP contribution in [-0.4, -0.2) is 25.9 Å². The lowest BCUT2D eigenvalue weighted by atomic mass is 10.2. The first kappa shape index (κ1) is 15.5. The molecule has 0 aliphatic rings. The Morgan fingerprint density at radius 3 is 2.75 bits per heavy atom. The van der Waals surface area contributed by atoms with Gasteiger partial charge in [0.2, 0.25) is 0 Å². The lowest BCUT2D eigenvalue weighted by Crippen LogP contribution is -2.16. The number of ether oxygens (including phenoxy) is 2. The number of rotatable bonds is 11. The van der Waals surface area contributed by atoms with E-state index in [1.165, 1.54) is 19.3 Å². The van der Waals surface area contributed by atoms with Crippen LogP contribution in [0, 0.1) is 0 Å². The van der Waals surface area contributed by atoms with Crippen molar-refractivity contribution in [1.82, 2.24) is 0 Å². The highest BCUT2D eigenvalue weighted by Crippen LogP contribution is 2.00. The van der Waals surface area contributed by atoms with Crippen LogP contribution in [-0.2, 0) is 9.47 Å². The molecule has 0 aliphatic carbocycles. The van der Waals surface area contributed by atoms with Crippen molar-refractivity contribution in [3.63, 3.8) is 0 Å². The highest BCUT2D eigenvalue weighted by molar-refractivity contribution is 4.73. The topological polar surface area (TPSA) is 44.5 Å². The molecule has 0 spiro atoms. The van der Waals surface area contributed by atoms with Crippen LogP contribution in [0.2, 0.25) is 0 Å². The second-order valence-electron chi connectivity index (χ2n) is 4.02. The van der Waals surface area contributed by atoms with Gasteiger partial charge in [0.15, 0.2) is 0 Å². The molecule has 0 aromatic rings. The van der Waals surface area contributed by atoms with Gasteiger partial charge in [0, 0.05) is 6.61 Å². The van der Waals surface area contributed by atoms with Crippen LogP contribution < -0.4 is 5.73 Å². The fraction of sp³-hybridized carbons (Fsp3) is 0.846. The van der Waals surface area contributed by atoms with E-state index in [0.29, 0.717) is 13.2 Å². The molecule has 1 unspecified atom stereocenters. The zero-order valence-electron chi connectivity index (χ0n) is 10.8. The molecular formula is C13H27NO2. The third-order valence-electron chi connectivity index (χ3n) is 2.25. The van der Waals surface area contributed by atoms with Crippen molar-refractivity contribution >= 4 is 0 Å². The fourth-order valence-electron chi connectivity index (χ4n) is 1.26. The van der Waals surface area contributed by atoms with Crippen LogP contribution >= 0.6 is 0 Å². The number of hydrogen-bond acceptors (Lipinski definition) is 3. The second kappa shape index (κ2) is 12.5. The van der Waals surface area contributed by atoms with Gasteiger partial charge in [0.05, 0.1) is 12.4 Å². The van der Waals surface area contributed by atoms with Crippen molar-refractivity contribution in [3.8, 4) is 0 Å². The molecular weight excluding hydrogens is 202 g/mol. The molecule has 0 aromatic carbocycles. The third-order valence-corrected chi connectivity index (χ3v) is 2.25. The van der Waals surface area contributed by atoms with E-state index < -0.39 is 0 Å². The van der Waals surface area contributed by atoms with Crippen molar-refractivity contribution in [1.29, 1.82) is 0 Å². The molecule has 0 fully saturated rings. The summed E-state index contributed by atoms with van der Waals surface area (Å²) in [7, 11) is 0. The zero-order valence-corrected chi connectivity index (χ0v) is 10.8. The van der Waals surface area contributed by atoms with Crippen LogP contribution in [0.5, 0.6) is 0 Å². The first-order valence-corrected chi connectivity index (χ1v) is 6.39. The first-order chi connectivity index (χ1) is 7.81. The SMILES string of the molecule is CCCCCC=COCC(C)OCCCN. The van der Waals surface area contributed by atoms with E-state index in [9.17, 15) is 0 Å². The van der Waals surface area contributed by atoms with E-state index in [4.69, 9.17) is 15.2 Å². The number of hydrogen-bond donors (Lipinski definition) is 1. The number of nitrogens with two attached hydrogens (primary N) is 1. The van der Waals surface area contributed by atoms with Gasteiger partial charge in [-0.2, -0.15) is 0 Å². The van der Waals surface area contributed by atoms with Gasteiger partial charge in [-0.3, -0.25) is 0 Å². The summed E-state index contributed by atoms with van der Waals surface area (Å²) in [5, 5.41) is 0. The average Bonchev–Trinajstić information content (AvgIpc) is 2.28. The Bertz CT molecular complexity index is 160. The van der Waals surface area contributed by atoms with E-state index in [0.717, 1.165) is 19.4 Å². The van der Waals surface area contributed by atoms with Crippen molar-refractivity contribution in [2.45, 2.75) is 52.1 Å². The predicted molar refractivity (Wildman–Crippen MR) is 68.3 cm³/mol. The van der Waals surface area contributed by atoms with Gasteiger partial charge < -0.3 is 15.2 Å². The van der Waals surface area contributed by atoms with Gasteiger partial charge >= 0.3 is 0 Å². The molecule has 0 rings (SSSR count). The maximum atomic E-state index is 5.49. The lowest BCUT2D eigenvalue weighted by molar-refractivity contribution is 0.0194. The molecule has 1 atom stereocenters. The summed E-state index contributed by atoms with van der Waals surface area (Å²) in [6, 6.07) is 0. The Kier molecular flexibility index (Phi) is 12.1. The van der Waals surface area contributed by atoms with E-state index in [2.05, 4.69) is 13.0 Å². The van der Waals surface area contributed by atoms with Gasteiger partial charge in [-0.05, 0) is 38.8 Å².